The number of thiophene rings is 1. The van der Waals surface area contributed by atoms with E-state index in [1.807, 2.05) is 10.8 Å². The summed E-state index contributed by atoms with van der Waals surface area (Å²) in [5, 5.41) is 3.78. The van der Waals surface area contributed by atoms with Gasteiger partial charge in [0.1, 0.15) is 5.75 Å². The molecule has 0 aliphatic rings. The van der Waals surface area contributed by atoms with Crippen molar-refractivity contribution in [1.82, 2.24) is 0 Å². The Labute approximate surface area is 116 Å². The zero-order chi connectivity index (χ0) is 13.1. The van der Waals surface area contributed by atoms with Crippen molar-refractivity contribution in [3.8, 4) is 5.75 Å². The normalized spacial score (nSPS) is 12.7. The maximum atomic E-state index is 12.3. The molecule has 1 aromatic carbocycles. The molecule has 0 aliphatic carbocycles. The van der Waals surface area contributed by atoms with Crippen LogP contribution in [0, 0.1) is 0 Å². The molecule has 0 amide bonds. The Hall–Kier alpha value is -0.980. The Morgan fingerprint density at radius 1 is 1.17 bits per heavy atom. The molecular formula is C12H10BrF2NOS. The van der Waals surface area contributed by atoms with Crippen molar-refractivity contribution >= 4 is 27.3 Å². The molecule has 96 valence electrons. The number of hydrogen-bond acceptors (Lipinski definition) is 3. The minimum atomic E-state index is -2.86. The molecule has 0 aliphatic heterocycles. The van der Waals surface area contributed by atoms with Crippen LogP contribution in [0.4, 0.5) is 8.78 Å². The second kappa shape index (κ2) is 5.77. The van der Waals surface area contributed by atoms with Crippen LogP contribution >= 0.6 is 27.3 Å². The Balaban J connectivity index is 2.36. The van der Waals surface area contributed by atoms with E-state index in [0.29, 0.717) is 5.56 Å². The molecule has 18 heavy (non-hydrogen) atoms. The lowest BCUT2D eigenvalue weighted by atomic mass is 10.0. The monoisotopic (exact) mass is 333 g/mol. The molecule has 2 N–H and O–H groups in total. The van der Waals surface area contributed by atoms with Crippen molar-refractivity contribution in [2.45, 2.75) is 12.7 Å². The number of alkyl halides is 2. The zero-order valence-corrected chi connectivity index (χ0v) is 11.5. The van der Waals surface area contributed by atoms with Crippen molar-refractivity contribution in [1.29, 1.82) is 0 Å². The van der Waals surface area contributed by atoms with Crippen LogP contribution in [0.2, 0.25) is 0 Å². The van der Waals surface area contributed by atoms with Gasteiger partial charge in [-0.2, -0.15) is 20.1 Å². The number of benzene rings is 1. The number of para-hydroxylation sites is 1. The molecule has 2 nitrogen and oxygen atoms in total. The largest absolute Gasteiger partial charge is 0.434 e. The second-order valence-electron chi connectivity index (χ2n) is 3.57. The molecule has 0 saturated heterocycles. The van der Waals surface area contributed by atoms with Crippen LogP contribution in [0.25, 0.3) is 0 Å². The van der Waals surface area contributed by atoms with Crippen LogP contribution < -0.4 is 10.5 Å². The molecule has 1 aromatic heterocycles. The molecule has 1 atom stereocenters. The summed E-state index contributed by atoms with van der Waals surface area (Å²) in [4.78, 5) is 0. The molecule has 1 heterocycles. The van der Waals surface area contributed by atoms with Gasteiger partial charge < -0.3 is 10.5 Å². The van der Waals surface area contributed by atoms with Crippen LogP contribution in [0.1, 0.15) is 17.2 Å². The first kappa shape index (κ1) is 13.5. The van der Waals surface area contributed by atoms with E-state index in [4.69, 9.17) is 5.73 Å². The Morgan fingerprint density at radius 2 is 1.89 bits per heavy atom. The molecule has 0 saturated carbocycles. The van der Waals surface area contributed by atoms with E-state index in [-0.39, 0.29) is 5.75 Å². The number of hydrogen-bond donors (Lipinski definition) is 1. The number of rotatable bonds is 4. The fourth-order valence-electron chi connectivity index (χ4n) is 1.62. The third kappa shape index (κ3) is 2.88. The fourth-order valence-corrected chi connectivity index (χ4v) is 3.20. The standard InChI is InChI=1S/C12H10BrF2NOS/c13-9-6-18-5-8(9)11(16)7-3-1-2-4-10(7)17-12(14)15/h1-6,11-12H,16H2. The van der Waals surface area contributed by atoms with Gasteiger partial charge in [0.2, 0.25) is 0 Å². The van der Waals surface area contributed by atoms with Gasteiger partial charge in [0, 0.05) is 15.4 Å². The van der Waals surface area contributed by atoms with Crippen LogP contribution in [-0.4, -0.2) is 6.61 Å². The van der Waals surface area contributed by atoms with Crippen LogP contribution in [-0.2, 0) is 0 Å². The molecule has 0 bridgehead atoms. The lowest BCUT2D eigenvalue weighted by molar-refractivity contribution is -0.0505. The summed E-state index contributed by atoms with van der Waals surface area (Å²) in [7, 11) is 0. The Morgan fingerprint density at radius 3 is 2.50 bits per heavy atom. The minimum Gasteiger partial charge on any atom is -0.434 e. The Bertz CT molecular complexity index is 532. The van der Waals surface area contributed by atoms with E-state index >= 15 is 0 Å². The van der Waals surface area contributed by atoms with Gasteiger partial charge in [-0.15, -0.1) is 0 Å². The van der Waals surface area contributed by atoms with Gasteiger partial charge in [-0.25, -0.2) is 0 Å². The average molecular weight is 334 g/mol. The first-order chi connectivity index (χ1) is 8.59. The summed E-state index contributed by atoms with van der Waals surface area (Å²) in [6, 6.07) is 6.05. The van der Waals surface area contributed by atoms with Crippen LogP contribution in [0.15, 0.2) is 39.5 Å². The number of nitrogens with two attached hydrogens (primary N) is 1. The number of halogens is 3. The molecule has 2 aromatic rings. The number of ether oxygens (including phenoxy) is 1. The maximum Gasteiger partial charge on any atom is 0.387 e. The van der Waals surface area contributed by atoms with E-state index in [2.05, 4.69) is 20.7 Å². The lowest BCUT2D eigenvalue weighted by Gasteiger charge is -2.16. The van der Waals surface area contributed by atoms with E-state index < -0.39 is 12.7 Å². The van der Waals surface area contributed by atoms with Crippen molar-refractivity contribution in [2.24, 2.45) is 5.73 Å². The summed E-state index contributed by atoms with van der Waals surface area (Å²) >= 11 is 4.87. The van der Waals surface area contributed by atoms with Gasteiger partial charge in [-0.05, 0) is 32.9 Å². The smallest absolute Gasteiger partial charge is 0.387 e. The summed E-state index contributed by atoms with van der Waals surface area (Å²) < 4.78 is 30.0. The van der Waals surface area contributed by atoms with Gasteiger partial charge >= 0.3 is 6.61 Å². The zero-order valence-electron chi connectivity index (χ0n) is 9.15. The summed E-state index contributed by atoms with van der Waals surface area (Å²) in [5.74, 6) is 0.109. The quantitative estimate of drug-likeness (QED) is 0.911. The highest BCUT2D eigenvalue weighted by Crippen LogP contribution is 2.34. The average Bonchev–Trinajstić information content (AvgIpc) is 2.74. The SMILES string of the molecule is NC(c1cscc1Br)c1ccccc1OC(F)F. The fraction of sp³-hybridized carbons (Fsp3) is 0.167. The van der Waals surface area contributed by atoms with Crippen molar-refractivity contribution in [3.63, 3.8) is 0 Å². The summed E-state index contributed by atoms with van der Waals surface area (Å²) in [5.41, 5.74) is 7.48. The van der Waals surface area contributed by atoms with Gasteiger partial charge in [0.15, 0.2) is 0 Å². The van der Waals surface area contributed by atoms with Crippen molar-refractivity contribution < 1.29 is 13.5 Å². The highest BCUT2D eigenvalue weighted by molar-refractivity contribution is 9.10. The first-order valence-electron chi connectivity index (χ1n) is 5.10. The molecule has 2 rings (SSSR count). The van der Waals surface area contributed by atoms with Crippen LogP contribution in [0.3, 0.4) is 0 Å². The third-order valence-corrected chi connectivity index (χ3v) is 4.20. The molecule has 6 heteroatoms. The highest BCUT2D eigenvalue weighted by Gasteiger charge is 2.18. The highest BCUT2D eigenvalue weighted by atomic mass is 79.9. The van der Waals surface area contributed by atoms with E-state index in [1.54, 1.807) is 18.2 Å². The van der Waals surface area contributed by atoms with Gasteiger partial charge in [0.05, 0.1) is 6.04 Å². The predicted molar refractivity (Wildman–Crippen MR) is 71.1 cm³/mol. The second-order valence-corrected chi connectivity index (χ2v) is 5.17. The summed E-state index contributed by atoms with van der Waals surface area (Å²) in [6.07, 6.45) is 0. The third-order valence-electron chi connectivity index (χ3n) is 2.45. The molecule has 1 unspecified atom stereocenters. The van der Waals surface area contributed by atoms with Crippen LogP contribution in [0.5, 0.6) is 5.75 Å². The van der Waals surface area contributed by atoms with Gasteiger partial charge in [-0.3, -0.25) is 0 Å². The lowest BCUT2D eigenvalue weighted by Crippen LogP contribution is -2.14. The predicted octanol–water partition coefficient (Wildman–Crippen LogP) is 4.16. The van der Waals surface area contributed by atoms with Crippen molar-refractivity contribution in [3.05, 3.63) is 50.6 Å². The molecule has 0 spiro atoms. The maximum absolute atomic E-state index is 12.3. The van der Waals surface area contributed by atoms with Gasteiger partial charge in [0.25, 0.3) is 0 Å². The first-order valence-corrected chi connectivity index (χ1v) is 6.84. The summed E-state index contributed by atoms with van der Waals surface area (Å²) in [6.45, 7) is -2.86. The van der Waals surface area contributed by atoms with E-state index in [0.717, 1.165) is 10.0 Å². The minimum absolute atomic E-state index is 0.109. The topological polar surface area (TPSA) is 35.2 Å². The molecular weight excluding hydrogens is 324 g/mol. The van der Waals surface area contributed by atoms with Crippen molar-refractivity contribution in [2.75, 3.05) is 0 Å². The van der Waals surface area contributed by atoms with E-state index in [9.17, 15) is 8.78 Å². The Kier molecular flexibility index (Phi) is 4.31. The molecule has 0 radical (unpaired) electrons. The van der Waals surface area contributed by atoms with Gasteiger partial charge in [-0.1, -0.05) is 18.2 Å². The van der Waals surface area contributed by atoms with E-state index in [1.165, 1.54) is 17.4 Å². The molecule has 0 fully saturated rings.